The molecule has 1 saturated heterocycles. The average Bonchev–Trinajstić information content (AvgIpc) is 2.63. The minimum Gasteiger partial charge on any atom is -0.497 e. The Morgan fingerprint density at radius 2 is 2.45 bits per heavy atom. The summed E-state index contributed by atoms with van der Waals surface area (Å²) in [4.78, 5) is 1.71. The molecule has 1 unspecified atom stereocenters. The van der Waals surface area contributed by atoms with Crippen LogP contribution in [0.4, 0.5) is 0 Å². The van der Waals surface area contributed by atoms with Crippen molar-refractivity contribution in [3.05, 3.63) is 29.3 Å². The van der Waals surface area contributed by atoms with Gasteiger partial charge in [-0.25, -0.2) is 0 Å². The van der Waals surface area contributed by atoms with E-state index in [1.165, 1.54) is 0 Å². The SMILES string of the molecule is [2H]c1c([2H])c2c(c([2H])c1OC([2H])([2H])[2H])[C@]13CCCCC1[C@@]([2H])(N(C)CC3)C2([2H])[2H]. The number of hydrogen-bond acceptors (Lipinski definition) is 2. The summed E-state index contributed by atoms with van der Waals surface area (Å²) in [5.41, 5.74) is -0.491. The highest BCUT2D eigenvalue weighted by Crippen LogP contribution is 2.55. The van der Waals surface area contributed by atoms with Gasteiger partial charge in [0.25, 0.3) is 0 Å². The van der Waals surface area contributed by atoms with Gasteiger partial charge < -0.3 is 9.64 Å². The van der Waals surface area contributed by atoms with Crippen LogP contribution in [0.3, 0.4) is 0 Å². The summed E-state index contributed by atoms with van der Waals surface area (Å²) in [5, 5.41) is 0. The second-order valence-electron chi connectivity index (χ2n) is 6.19. The van der Waals surface area contributed by atoms with Crippen LogP contribution in [0, 0.1) is 5.92 Å². The van der Waals surface area contributed by atoms with Crippen molar-refractivity contribution in [3.63, 3.8) is 0 Å². The summed E-state index contributed by atoms with van der Waals surface area (Å²) in [6.07, 6.45) is 1.34. The topological polar surface area (TPSA) is 12.5 Å². The van der Waals surface area contributed by atoms with Gasteiger partial charge in [0.1, 0.15) is 5.75 Å². The van der Waals surface area contributed by atoms with E-state index in [2.05, 4.69) is 0 Å². The van der Waals surface area contributed by atoms with Crippen molar-refractivity contribution in [2.24, 2.45) is 5.92 Å². The van der Waals surface area contributed by atoms with E-state index in [9.17, 15) is 1.37 Å². The highest BCUT2D eigenvalue weighted by molar-refractivity contribution is 5.45. The zero-order valence-electron chi connectivity index (χ0n) is 20.7. The van der Waals surface area contributed by atoms with Crippen molar-refractivity contribution in [1.29, 1.82) is 0 Å². The molecule has 3 aliphatic rings. The molecule has 0 aromatic heterocycles. The van der Waals surface area contributed by atoms with Gasteiger partial charge in [-0.3, -0.25) is 0 Å². The third-order valence-electron chi connectivity index (χ3n) is 5.31. The smallest absolute Gasteiger partial charge is 0.119 e. The zero-order chi connectivity index (χ0) is 21.6. The normalized spacial score (nSPS) is 49.5. The largest absolute Gasteiger partial charge is 0.497 e. The second-order valence-corrected chi connectivity index (χ2v) is 6.19. The van der Waals surface area contributed by atoms with E-state index in [4.69, 9.17) is 15.7 Å². The van der Waals surface area contributed by atoms with Gasteiger partial charge in [-0.2, -0.15) is 0 Å². The maximum atomic E-state index is 9.27. The Kier molecular flexibility index (Phi) is 1.44. The molecule has 4 rings (SSSR count). The molecular formula is C18H25NO. The van der Waals surface area contributed by atoms with Crippen LogP contribution >= 0.6 is 0 Å². The summed E-state index contributed by atoms with van der Waals surface area (Å²) in [6.45, 7) is 0.476. The van der Waals surface area contributed by atoms with Crippen LogP contribution in [0.1, 0.15) is 55.6 Å². The van der Waals surface area contributed by atoms with Gasteiger partial charge in [-0.15, -0.1) is 0 Å². The Morgan fingerprint density at radius 3 is 3.35 bits per heavy atom. The predicted octanol–water partition coefficient (Wildman–Crippen LogP) is 3.38. The molecule has 2 bridgehead atoms. The highest BCUT2D eigenvalue weighted by Gasteiger charge is 2.53. The molecule has 3 atom stereocenters. The van der Waals surface area contributed by atoms with E-state index in [1.807, 2.05) is 0 Å². The number of piperidine rings is 1. The monoisotopic (exact) mass is 280 g/mol. The fourth-order valence-corrected chi connectivity index (χ4v) is 4.33. The molecular weight excluding hydrogens is 246 g/mol. The molecule has 2 fully saturated rings. The molecule has 0 radical (unpaired) electrons. The van der Waals surface area contributed by atoms with E-state index in [-0.39, 0.29) is 17.5 Å². The van der Waals surface area contributed by atoms with Gasteiger partial charge in [0.15, 0.2) is 0 Å². The number of rotatable bonds is 1. The minimum absolute atomic E-state index is 0.106. The molecule has 0 amide bonds. The number of methoxy groups -OCH3 is 1. The molecule has 0 N–H and O–H groups in total. The van der Waals surface area contributed by atoms with Crippen molar-refractivity contribution in [2.45, 2.75) is 49.9 Å². The van der Waals surface area contributed by atoms with E-state index >= 15 is 0 Å². The lowest BCUT2D eigenvalue weighted by Gasteiger charge is -2.58. The standard InChI is InChI=1S/C18H25NO/c1-19-10-9-18-8-4-3-5-15(18)17(19)11-13-6-7-14(20-2)12-16(13)18/h6-7,12,15,17H,3-5,8-11H2,1-2H3/t15?,17-,18-/m0/s1/i2D3,6D,7D,11D2,12D,17D. The number of hydrogen-bond donors (Lipinski definition) is 0. The van der Waals surface area contributed by atoms with Crippen molar-refractivity contribution in [3.8, 4) is 5.75 Å². The fraction of sp³-hybridized carbons (Fsp3) is 0.667. The van der Waals surface area contributed by atoms with Crippen molar-refractivity contribution < 1.29 is 17.1 Å². The molecule has 1 aromatic rings. The minimum atomic E-state index is -2.88. The average molecular weight is 280 g/mol. The summed E-state index contributed by atoms with van der Waals surface area (Å²) in [6, 6.07) is -3.00. The molecule has 1 saturated carbocycles. The maximum absolute atomic E-state index is 9.27. The molecule has 1 aromatic carbocycles. The molecule has 108 valence electrons. The first-order chi connectivity index (χ1) is 13.3. The fourth-order valence-electron chi connectivity index (χ4n) is 4.33. The Labute approximate surface area is 134 Å². The quantitative estimate of drug-likeness (QED) is 0.782. The van der Waals surface area contributed by atoms with Crippen LogP contribution in [-0.4, -0.2) is 31.5 Å². The van der Waals surface area contributed by atoms with Gasteiger partial charge >= 0.3 is 0 Å². The van der Waals surface area contributed by atoms with Crippen LogP contribution in [0.25, 0.3) is 0 Å². The molecule has 0 spiro atoms. The van der Waals surface area contributed by atoms with Crippen LogP contribution in [-0.2, 0) is 11.8 Å². The third-order valence-corrected chi connectivity index (χ3v) is 5.31. The van der Waals surface area contributed by atoms with E-state index < -0.39 is 42.7 Å². The van der Waals surface area contributed by atoms with Gasteiger partial charge in [0.2, 0.25) is 0 Å². The van der Waals surface area contributed by atoms with Crippen LogP contribution in [0.15, 0.2) is 18.1 Å². The van der Waals surface area contributed by atoms with Crippen molar-refractivity contribution in [1.82, 2.24) is 4.90 Å². The number of benzene rings is 1. The Hall–Kier alpha value is -1.02. The molecule has 2 nitrogen and oxygen atoms in total. The number of likely N-dealkylation sites (N-methyl/N-ethyl adjacent to an activating group) is 1. The van der Waals surface area contributed by atoms with Crippen LogP contribution in [0.2, 0.25) is 0 Å². The first-order valence-corrected chi connectivity index (χ1v) is 7.34. The van der Waals surface area contributed by atoms with Gasteiger partial charge in [0, 0.05) is 15.5 Å². The first-order valence-electron chi connectivity index (χ1n) is 11.8. The zero-order valence-corrected chi connectivity index (χ0v) is 11.7. The first kappa shape index (κ1) is 6.39. The van der Waals surface area contributed by atoms with E-state index in [0.717, 1.165) is 12.8 Å². The molecule has 20 heavy (non-hydrogen) atoms. The lowest BCUT2D eigenvalue weighted by Crippen LogP contribution is -2.59. The lowest BCUT2D eigenvalue weighted by molar-refractivity contribution is 0.00274. The molecule has 2 aliphatic carbocycles. The molecule has 1 heterocycles. The molecule has 2 heteroatoms. The Bertz CT molecular complexity index is 870. The van der Waals surface area contributed by atoms with Crippen molar-refractivity contribution in [2.75, 3.05) is 20.6 Å². The van der Waals surface area contributed by atoms with Gasteiger partial charge in [0.05, 0.1) is 15.3 Å². The van der Waals surface area contributed by atoms with Crippen LogP contribution in [0.5, 0.6) is 5.75 Å². The lowest BCUT2D eigenvalue weighted by atomic mass is 9.52. The summed E-state index contributed by atoms with van der Waals surface area (Å²) < 4.78 is 79.8. The van der Waals surface area contributed by atoms with Gasteiger partial charge in [-0.05, 0) is 68.4 Å². The van der Waals surface area contributed by atoms with E-state index in [1.54, 1.807) is 11.9 Å². The maximum Gasteiger partial charge on any atom is 0.119 e. The highest BCUT2D eigenvalue weighted by atomic mass is 16.5. The van der Waals surface area contributed by atoms with Crippen LogP contribution < -0.4 is 4.74 Å². The number of likely N-dealkylation sites (tertiary alicyclic amines) is 1. The Morgan fingerprint density at radius 1 is 1.50 bits per heavy atom. The number of nitrogens with zero attached hydrogens (tertiary/aromatic N) is 1. The van der Waals surface area contributed by atoms with E-state index in [0.29, 0.717) is 31.4 Å². The van der Waals surface area contributed by atoms with Gasteiger partial charge in [-0.1, -0.05) is 18.9 Å². The summed E-state index contributed by atoms with van der Waals surface area (Å²) >= 11 is 0. The second kappa shape index (κ2) is 4.49. The Balaban J connectivity index is 2.11. The number of ether oxygens (including phenoxy) is 1. The number of fused-ring (bicyclic) bond motifs is 1. The summed E-state index contributed by atoms with van der Waals surface area (Å²) in [7, 11) is -1.15. The summed E-state index contributed by atoms with van der Waals surface area (Å²) in [5.74, 6) is -0.870. The predicted molar refractivity (Wildman–Crippen MR) is 81.4 cm³/mol. The molecule has 1 aliphatic heterocycles. The van der Waals surface area contributed by atoms with Crippen molar-refractivity contribution >= 4 is 0 Å². The third kappa shape index (κ3) is 1.60.